The summed E-state index contributed by atoms with van der Waals surface area (Å²) < 4.78 is 32.9. The van der Waals surface area contributed by atoms with Crippen molar-refractivity contribution in [1.82, 2.24) is 9.21 Å². The summed E-state index contributed by atoms with van der Waals surface area (Å²) >= 11 is 6.19. The average molecular weight is 493 g/mol. The van der Waals surface area contributed by atoms with Crippen LogP contribution in [0.3, 0.4) is 0 Å². The minimum Gasteiger partial charge on any atom is -0.452 e. The van der Waals surface area contributed by atoms with Crippen molar-refractivity contribution in [3.8, 4) is 0 Å². The quantitative estimate of drug-likeness (QED) is 0.521. The molecule has 0 saturated carbocycles. The first-order valence-electron chi connectivity index (χ1n) is 11.0. The van der Waals surface area contributed by atoms with Crippen LogP contribution in [-0.4, -0.2) is 55.7 Å². The highest BCUT2D eigenvalue weighted by atomic mass is 35.5. The van der Waals surface area contributed by atoms with E-state index in [9.17, 15) is 18.0 Å². The van der Waals surface area contributed by atoms with E-state index in [1.807, 2.05) is 44.2 Å². The maximum absolute atomic E-state index is 13.1. The molecule has 9 heteroatoms. The molecule has 0 bridgehead atoms. The number of rotatable bonds is 8. The van der Waals surface area contributed by atoms with Crippen molar-refractivity contribution in [2.24, 2.45) is 5.92 Å². The number of benzene rings is 2. The molecule has 33 heavy (non-hydrogen) atoms. The van der Waals surface area contributed by atoms with Crippen molar-refractivity contribution >= 4 is 33.5 Å². The second-order valence-electron chi connectivity index (χ2n) is 8.23. The van der Waals surface area contributed by atoms with E-state index in [-0.39, 0.29) is 27.3 Å². The number of likely N-dealkylation sites (N-methyl/N-ethyl adjacent to an activating group) is 1. The topological polar surface area (TPSA) is 84.0 Å². The van der Waals surface area contributed by atoms with Crippen LogP contribution in [0.2, 0.25) is 5.02 Å². The number of amides is 1. The van der Waals surface area contributed by atoms with E-state index in [1.165, 1.54) is 22.5 Å². The minimum absolute atomic E-state index is 0.0296. The number of hydrogen-bond acceptors (Lipinski definition) is 5. The van der Waals surface area contributed by atoms with Gasteiger partial charge in [0, 0.05) is 26.2 Å². The molecule has 1 saturated heterocycles. The van der Waals surface area contributed by atoms with Crippen LogP contribution in [0.25, 0.3) is 0 Å². The summed E-state index contributed by atoms with van der Waals surface area (Å²) in [6, 6.07) is 13.5. The van der Waals surface area contributed by atoms with Gasteiger partial charge in [0.25, 0.3) is 5.91 Å². The first kappa shape index (κ1) is 25.2. The zero-order valence-corrected chi connectivity index (χ0v) is 20.4. The van der Waals surface area contributed by atoms with Gasteiger partial charge in [-0.25, -0.2) is 13.2 Å². The zero-order chi connectivity index (χ0) is 24.0. The van der Waals surface area contributed by atoms with E-state index in [1.54, 1.807) is 4.90 Å². The van der Waals surface area contributed by atoms with Crippen LogP contribution >= 0.6 is 11.6 Å². The summed E-state index contributed by atoms with van der Waals surface area (Å²) in [6.07, 6.45) is 1.75. The number of ether oxygens (including phenoxy) is 1. The maximum Gasteiger partial charge on any atom is 0.338 e. The second-order valence-corrected chi connectivity index (χ2v) is 10.5. The van der Waals surface area contributed by atoms with Crippen molar-refractivity contribution in [3.63, 3.8) is 0 Å². The predicted octanol–water partition coefficient (Wildman–Crippen LogP) is 3.97. The molecular weight excluding hydrogens is 464 g/mol. The number of carbonyl (C=O) groups is 2. The summed E-state index contributed by atoms with van der Waals surface area (Å²) in [5.41, 5.74) is 1.00. The van der Waals surface area contributed by atoms with E-state index in [0.717, 1.165) is 18.4 Å². The van der Waals surface area contributed by atoms with Crippen LogP contribution in [0, 0.1) is 5.92 Å². The molecule has 1 atom stereocenters. The molecule has 0 N–H and O–H groups in total. The van der Waals surface area contributed by atoms with Gasteiger partial charge in [-0.1, -0.05) is 48.9 Å². The van der Waals surface area contributed by atoms with Crippen LogP contribution in [0.15, 0.2) is 53.4 Å². The van der Waals surface area contributed by atoms with Crippen molar-refractivity contribution in [1.29, 1.82) is 0 Å². The molecule has 0 aliphatic carbocycles. The van der Waals surface area contributed by atoms with Crippen molar-refractivity contribution in [2.45, 2.75) is 38.1 Å². The summed E-state index contributed by atoms with van der Waals surface area (Å²) in [4.78, 5) is 26.6. The van der Waals surface area contributed by atoms with Gasteiger partial charge in [-0.15, -0.1) is 0 Å². The fraction of sp³-hybridized carbons (Fsp3) is 0.417. The van der Waals surface area contributed by atoms with Gasteiger partial charge >= 0.3 is 5.97 Å². The fourth-order valence-electron chi connectivity index (χ4n) is 3.81. The third-order valence-electron chi connectivity index (χ3n) is 5.68. The van der Waals surface area contributed by atoms with E-state index in [0.29, 0.717) is 26.2 Å². The molecule has 3 rings (SSSR count). The minimum atomic E-state index is -3.85. The molecule has 178 valence electrons. The fourth-order valence-corrected chi connectivity index (χ4v) is 5.91. The lowest BCUT2D eigenvalue weighted by Gasteiger charge is -2.30. The first-order valence-corrected chi connectivity index (χ1v) is 12.8. The van der Waals surface area contributed by atoms with Gasteiger partial charge in [0.2, 0.25) is 10.0 Å². The number of carbonyl (C=O) groups excluding carboxylic acids is 2. The molecule has 1 fully saturated rings. The van der Waals surface area contributed by atoms with Gasteiger partial charge in [0.1, 0.15) is 4.90 Å². The molecule has 2 aromatic carbocycles. The molecule has 1 unspecified atom stereocenters. The summed E-state index contributed by atoms with van der Waals surface area (Å²) in [7, 11) is -3.85. The van der Waals surface area contributed by atoms with Crippen LogP contribution < -0.4 is 0 Å². The lowest BCUT2D eigenvalue weighted by molar-refractivity contribution is -0.134. The summed E-state index contributed by atoms with van der Waals surface area (Å²) in [6.45, 7) is 5.12. The van der Waals surface area contributed by atoms with Crippen molar-refractivity contribution < 1.29 is 22.7 Å². The Hall–Kier alpha value is -2.42. The number of nitrogens with zero attached hydrogens (tertiary/aromatic N) is 2. The van der Waals surface area contributed by atoms with E-state index in [4.69, 9.17) is 16.3 Å². The van der Waals surface area contributed by atoms with Gasteiger partial charge in [0.05, 0.1) is 10.6 Å². The second kappa shape index (κ2) is 11.1. The Labute approximate surface area is 200 Å². The molecular formula is C24H29ClN2O5S. The molecule has 0 spiro atoms. The monoisotopic (exact) mass is 492 g/mol. The van der Waals surface area contributed by atoms with Crippen LogP contribution in [0.5, 0.6) is 0 Å². The number of piperidine rings is 1. The van der Waals surface area contributed by atoms with Crippen molar-refractivity contribution in [3.05, 3.63) is 64.7 Å². The summed E-state index contributed by atoms with van der Waals surface area (Å²) in [5.74, 6) is -0.859. The van der Waals surface area contributed by atoms with E-state index in [2.05, 4.69) is 0 Å². The van der Waals surface area contributed by atoms with Gasteiger partial charge < -0.3 is 9.64 Å². The first-order chi connectivity index (χ1) is 15.7. The molecule has 2 aromatic rings. The SMILES string of the molecule is CCN(Cc1ccccc1)C(=O)COC(=O)c1ccc(Cl)c(S(=O)(=O)N2CCCC(C)C2)c1. The van der Waals surface area contributed by atoms with Crippen LogP contribution in [0.1, 0.15) is 42.6 Å². The van der Waals surface area contributed by atoms with Crippen molar-refractivity contribution in [2.75, 3.05) is 26.2 Å². The highest BCUT2D eigenvalue weighted by Crippen LogP contribution is 2.29. The van der Waals surface area contributed by atoms with E-state index >= 15 is 0 Å². The Bertz CT molecular complexity index is 1090. The third kappa shape index (κ3) is 6.34. The molecule has 1 aliphatic heterocycles. The average Bonchev–Trinajstić information content (AvgIpc) is 2.81. The molecule has 0 radical (unpaired) electrons. The largest absolute Gasteiger partial charge is 0.452 e. The van der Waals surface area contributed by atoms with Crippen LogP contribution in [-0.2, 0) is 26.1 Å². The number of halogens is 1. The Balaban J connectivity index is 1.68. The predicted molar refractivity (Wildman–Crippen MR) is 126 cm³/mol. The smallest absolute Gasteiger partial charge is 0.338 e. The normalized spacial score (nSPS) is 16.9. The lowest BCUT2D eigenvalue weighted by atomic mass is 10.0. The third-order valence-corrected chi connectivity index (χ3v) is 8.03. The highest BCUT2D eigenvalue weighted by molar-refractivity contribution is 7.89. The summed E-state index contributed by atoms with van der Waals surface area (Å²) in [5, 5.41) is 0.0425. The van der Waals surface area contributed by atoms with E-state index < -0.39 is 22.6 Å². The van der Waals surface area contributed by atoms with Gasteiger partial charge in [0.15, 0.2) is 6.61 Å². The Morgan fingerprint density at radius 3 is 2.58 bits per heavy atom. The number of sulfonamides is 1. The molecule has 1 aliphatic rings. The van der Waals surface area contributed by atoms with Gasteiger partial charge in [-0.2, -0.15) is 4.31 Å². The number of hydrogen-bond donors (Lipinski definition) is 0. The Morgan fingerprint density at radius 2 is 1.91 bits per heavy atom. The number of esters is 1. The van der Waals surface area contributed by atoms with Gasteiger partial charge in [-0.3, -0.25) is 4.79 Å². The Kier molecular flexibility index (Phi) is 8.51. The molecule has 1 heterocycles. The lowest BCUT2D eigenvalue weighted by Crippen LogP contribution is -2.39. The van der Waals surface area contributed by atoms with Gasteiger partial charge in [-0.05, 0) is 49.4 Å². The van der Waals surface area contributed by atoms with Crippen LogP contribution in [0.4, 0.5) is 0 Å². The molecule has 0 aromatic heterocycles. The highest BCUT2D eigenvalue weighted by Gasteiger charge is 2.31. The zero-order valence-electron chi connectivity index (χ0n) is 18.9. The standard InChI is InChI=1S/C24H29ClN2O5S/c1-3-26(16-19-9-5-4-6-10-19)23(28)17-32-24(29)20-11-12-21(25)22(14-20)33(30,31)27-13-7-8-18(2)15-27/h4-6,9-12,14,18H,3,7-8,13,15-17H2,1-2H3. The molecule has 7 nitrogen and oxygen atoms in total. The maximum atomic E-state index is 13.1. The molecule has 1 amide bonds. The Morgan fingerprint density at radius 1 is 1.18 bits per heavy atom.